The number of anilines is 2. The average Bonchev–Trinajstić information content (AvgIpc) is 2.95. The summed E-state index contributed by atoms with van der Waals surface area (Å²) in [6.45, 7) is 0. The number of benzene rings is 4. The van der Waals surface area contributed by atoms with Crippen LogP contribution in [0.3, 0.4) is 0 Å². The van der Waals surface area contributed by atoms with Crippen LogP contribution in [0.5, 0.6) is 0 Å². The maximum absolute atomic E-state index is 13.5. The van der Waals surface area contributed by atoms with Gasteiger partial charge in [-0.05, 0) is 36.5 Å². The zero-order valence-corrected chi connectivity index (χ0v) is 22.6. The number of aromatic nitrogens is 3. The van der Waals surface area contributed by atoms with E-state index in [9.17, 15) is 21.6 Å². The number of hydrogen-bond donors (Lipinski definition) is 3. The van der Waals surface area contributed by atoms with Gasteiger partial charge in [0, 0.05) is 10.8 Å². The van der Waals surface area contributed by atoms with Crippen molar-refractivity contribution in [3.8, 4) is 11.5 Å². The lowest BCUT2D eigenvalue weighted by molar-refractivity contribution is 0.593. The molecule has 1 aliphatic carbocycles. The fourth-order valence-corrected chi connectivity index (χ4v) is 6.48. The summed E-state index contributed by atoms with van der Waals surface area (Å²) in [5, 5.41) is 0.529. The lowest BCUT2D eigenvalue weighted by atomic mass is 10.0. The number of sulfonamides is 2. The standard InChI is InChI=1S/C26H17N5O6S3/c32-22-18-14-8-7-13-17(18)19-23(20(22)30-39(33,34)15-9-3-1-4-10-15)37-25-21(27-19)24(28-26(38)29-25)31-40(35,36)16-11-5-2-6-12-16/h1-14,30H,(H2,28,29,31,38). The third-order valence-corrected chi connectivity index (χ3v) is 8.90. The van der Waals surface area contributed by atoms with Gasteiger partial charge >= 0.3 is 0 Å². The summed E-state index contributed by atoms with van der Waals surface area (Å²) in [4.78, 5) is 24.8. The van der Waals surface area contributed by atoms with E-state index in [0.29, 0.717) is 5.39 Å². The van der Waals surface area contributed by atoms with Crippen molar-refractivity contribution < 1.29 is 21.3 Å². The normalized spacial score (nSPS) is 12.1. The van der Waals surface area contributed by atoms with Crippen molar-refractivity contribution in [1.82, 2.24) is 15.0 Å². The summed E-state index contributed by atoms with van der Waals surface area (Å²) >= 11 is 5.18. The molecule has 0 atom stereocenters. The van der Waals surface area contributed by atoms with Crippen LogP contribution in [-0.2, 0) is 20.0 Å². The van der Waals surface area contributed by atoms with E-state index in [-0.39, 0.29) is 54.1 Å². The summed E-state index contributed by atoms with van der Waals surface area (Å²) < 4.78 is 63.1. The average molecular weight is 592 g/mol. The molecule has 2 heterocycles. The van der Waals surface area contributed by atoms with Gasteiger partial charge < -0.3 is 9.40 Å². The molecule has 3 aromatic carbocycles. The number of H-pyrrole nitrogens is 1. The molecular weight excluding hydrogens is 575 g/mol. The number of hydrogen-bond acceptors (Lipinski definition) is 9. The van der Waals surface area contributed by atoms with Crippen LogP contribution in [0.1, 0.15) is 0 Å². The quantitative estimate of drug-likeness (QED) is 0.144. The topological polar surface area (TPSA) is 164 Å². The maximum Gasteiger partial charge on any atom is 0.263 e. The molecule has 2 aliphatic rings. The highest BCUT2D eigenvalue weighted by molar-refractivity contribution is 7.93. The van der Waals surface area contributed by atoms with Crippen molar-refractivity contribution in [1.29, 1.82) is 0 Å². The highest BCUT2D eigenvalue weighted by Crippen LogP contribution is 2.37. The van der Waals surface area contributed by atoms with Crippen LogP contribution in [0, 0.1) is 4.77 Å². The van der Waals surface area contributed by atoms with E-state index in [0.717, 1.165) is 0 Å². The van der Waals surface area contributed by atoms with Gasteiger partial charge in [0.15, 0.2) is 17.1 Å². The molecule has 0 fully saturated rings. The molecule has 1 aliphatic heterocycles. The fourth-order valence-electron chi connectivity index (χ4n) is 4.16. The Hall–Kier alpha value is -4.66. The first-order valence-corrected chi connectivity index (χ1v) is 15.0. The number of nitrogens with zero attached hydrogens (tertiary/aromatic N) is 2. The zero-order chi connectivity index (χ0) is 28.1. The fraction of sp³-hybridized carbons (Fsp3) is 0. The molecule has 0 spiro atoms. The Morgan fingerprint density at radius 3 is 1.90 bits per heavy atom. The minimum Gasteiger partial charge on any atom is -0.432 e. The van der Waals surface area contributed by atoms with E-state index in [1.54, 1.807) is 54.6 Å². The van der Waals surface area contributed by atoms with Crippen LogP contribution in [-0.4, -0.2) is 31.8 Å². The van der Waals surface area contributed by atoms with E-state index in [1.807, 2.05) is 0 Å². The van der Waals surface area contributed by atoms with Gasteiger partial charge in [0.05, 0.1) is 9.79 Å². The third kappa shape index (κ3) is 4.47. The molecule has 0 amide bonds. The molecule has 4 aromatic rings. The number of nitrogens with one attached hydrogen (secondary N) is 3. The maximum atomic E-state index is 13.5. The molecular formula is C26H17N5O6S3. The third-order valence-electron chi connectivity index (χ3n) is 5.97. The number of aromatic amines is 1. The van der Waals surface area contributed by atoms with Gasteiger partial charge in [0.25, 0.3) is 25.8 Å². The Morgan fingerprint density at radius 1 is 0.725 bits per heavy atom. The smallest absolute Gasteiger partial charge is 0.263 e. The Morgan fingerprint density at radius 2 is 1.27 bits per heavy atom. The van der Waals surface area contributed by atoms with Gasteiger partial charge in [-0.25, -0.2) is 21.8 Å². The van der Waals surface area contributed by atoms with Gasteiger partial charge in [-0.3, -0.25) is 14.2 Å². The predicted molar refractivity (Wildman–Crippen MR) is 152 cm³/mol. The molecule has 0 bridgehead atoms. The minimum absolute atomic E-state index is 0.00365. The zero-order valence-electron chi connectivity index (χ0n) is 20.2. The Bertz CT molecular complexity index is 2240. The number of rotatable bonds is 6. The van der Waals surface area contributed by atoms with Gasteiger partial charge in [0.2, 0.25) is 10.2 Å². The molecule has 40 heavy (non-hydrogen) atoms. The molecule has 1 aromatic heterocycles. The van der Waals surface area contributed by atoms with E-state index < -0.39 is 25.5 Å². The van der Waals surface area contributed by atoms with Crippen molar-refractivity contribution in [2.45, 2.75) is 9.79 Å². The summed E-state index contributed by atoms with van der Waals surface area (Å²) in [6.07, 6.45) is 0. The van der Waals surface area contributed by atoms with Crippen molar-refractivity contribution in [2.24, 2.45) is 0 Å². The first-order valence-electron chi connectivity index (χ1n) is 11.6. The van der Waals surface area contributed by atoms with Crippen molar-refractivity contribution in [2.75, 3.05) is 9.44 Å². The summed E-state index contributed by atoms with van der Waals surface area (Å²) in [5.74, 6) is -0.313. The van der Waals surface area contributed by atoms with Crippen molar-refractivity contribution >= 4 is 65.8 Å². The summed E-state index contributed by atoms with van der Waals surface area (Å²) in [7, 11) is -8.26. The SMILES string of the molecule is O=c1c(NS(=O)(=O)c2ccccc2)c2oc3nc(=S)[nH]c(NS(=O)(=O)c4ccccc4)c3nc-2c2ccccc12. The van der Waals surface area contributed by atoms with Crippen molar-refractivity contribution in [3.63, 3.8) is 0 Å². The van der Waals surface area contributed by atoms with Crippen LogP contribution < -0.4 is 14.9 Å². The van der Waals surface area contributed by atoms with Gasteiger partial charge in [-0.15, -0.1) is 0 Å². The Kier molecular flexibility index (Phi) is 6.09. The van der Waals surface area contributed by atoms with Gasteiger partial charge in [0.1, 0.15) is 11.4 Å². The van der Waals surface area contributed by atoms with Crippen LogP contribution in [0.2, 0.25) is 0 Å². The van der Waals surface area contributed by atoms with Gasteiger partial charge in [-0.1, -0.05) is 60.7 Å². The lowest BCUT2D eigenvalue weighted by Gasteiger charge is -2.16. The second-order valence-electron chi connectivity index (χ2n) is 8.55. The Balaban J connectivity index is 1.62. The minimum atomic E-state index is -4.20. The molecule has 3 N–H and O–H groups in total. The van der Waals surface area contributed by atoms with E-state index in [2.05, 4.69) is 24.4 Å². The lowest BCUT2D eigenvalue weighted by Crippen LogP contribution is -2.21. The molecule has 14 heteroatoms. The van der Waals surface area contributed by atoms with Crippen LogP contribution in [0.25, 0.3) is 33.5 Å². The summed E-state index contributed by atoms with van der Waals surface area (Å²) in [6, 6.07) is 21.6. The number of fused-ring (bicyclic) bond motifs is 4. The van der Waals surface area contributed by atoms with E-state index in [4.69, 9.17) is 16.6 Å². The van der Waals surface area contributed by atoms with E-state index in [1.165, 1.54) is 30.3 Å². The van der Waals surface area contributed by atoms with Crippen LogP contribution in [0.15, 0.2) is 104 Å². The largest absolute Gasteiger partial charge is 0.432 e. The molecule has 0 saturated carbocycles. The first kappa shape index (κ1) is 25.6. The monoisotopic (exact) mass is 591 g/mol. The summed E-state index contributed by atoms with van der Waals surface area (Å²) in [5.41, 5.74) is -1.18. The molecule has 11 nitrogen and oxygen atoms in total. The highest BCUT2D eigenvalue weighted by Gasteiger charge is 2.28. The first-order chi connectivity index (χ1) is 19.1. The molecule has 200 valence electrons. The predicted octanol–water partition coefficient (Wildman–Crippen LogP) is 4.50. The van der Waals surface area contributed by atoms with E-state index >= 15 is 0 Å². The Labute approximate surface area is 232 Å². The molecule has 0 radical (unpaired) electrons. The highest BCUT2D eigenvalue weighted by atomic mass is 32.2. The van der Waals surface area contributed by atoms with Crippen molar-refractivity contribution in [3.05, 3.63) is 99.9 Å². The molecule has 6 rings (SSSR count). The van der Waals surface area contributed by atoms with Crippen LogP contribution >= 0.6 is 12.2 Å². The second-order valence-corrected chi connectivity index (χ2v) is 12.3. The molecule has 0 saturated heterocycles. The molecule has 0 unspecified atom stereocenters. The second kappa shape index (κ2) is 9.51. The van der Waals surface area contributed by atoms with Crippen LogP contribution in [0.4, 0.5) is 11.5 Å². The van der Waals surface area contributed by atoms with Gasteiger partial charge in [-0.2, -0.15) is 4.98 Å².